The number of hydrogen-bond acceptors (Lipinski definition) is 2. The van der Waals surface area contributed by atoms with Crippen LogP contribution in [0.3, 0.4) is 0 Å². The molecule has 0 aromatic carbocycles. The Hall–Kier alpha value is -0.130. The van der Waals surface area contributed by atoms with Gasteiger partial charge in [0.25, 0.3) is 10.2 Å². The van der Waals surface area contributed by atoms with E-state index >= 15 is 0 Å². The van der Waals surface area contributed by atoms with Crippen LogP contribution >= 0.6 is 0 Å². The third kappa shape index (κ3) is 2.34. The maximum Gasteiger partial charge on any atom is 0.282 e. The average molecular weight is 232 g/mol. The molecule has 1 saturated carbocycles. The van der Waals surface area contributed by atoms with Gasteiger partial charge in [0, 0.05) is 25.7 Å². The molecule has 5 heteroatoms. The first-order valence-corrected chi connectivity index (χ1v) is 7.18. The van der Waals surface area contributed by atoms with Crippen molar-refractivity contribution in [3.8, 4) is 0 Å². The minimum Gasteiger partial charge on any atom is -0.195 e. The van der Waals surface area contributed by atoms with Crippen molar-refractivity contribution in [1.82, 2.24) is 8.61 Å². The molecule has 4 nitrogen and oxygen atoms in total. The van der Waals surface area contributed by atoms with Gasteiger partial charge in [-0.05, 0) is 39.0 Å². The highest BCUT2D eigenvalue weighted by Gasteiger charge is 2.37. The van der Waals surface area contributed by atoms with Gasteiger partial charge in [-0.2, -0.15) is 17.0 Å². The summed E-state index contributed by atoms with van der Waals surface area (Å²) in [6.45, 7) is 6.02. The van der Waals surface area contributed by atoms with E-state index in [0.717, 1.165) is 13.0 Å². The van der Waals surface area contributed by atoms with Crippen LogP contribution < -0.4 is 0 Å². The zero-order valence-electron chi connectivity index (χ0n) is 9.52. The van der Waals surface area contributed by atoms with Crippen molar-refractivity contribution in [2.45, 2.75) is 39.2 Å². The Morgan fingerprint density at radius 2 is 1.93 bits per heavy atom. The Kier molecular flexibility index (Phi) is 3.05. The Bertz CT molecular complexity index is 322. The quantitative estimate of drug-likeness (QED) is 0.730. The van der Waals surface area contributed by atoms with Crippen LogP contribution in [0.4, 0.5) is 0 Å². The van der Waals surface area contributed by atoms with Crippen LogP contribution in [0.1, 0.15) is 33.1 Å². The molecule has 0 atom stereocenters. The minimum absolute atomic E-state index is 0.0806. The fraction of sp³-hybridized carbons (Fsp3) is 1.00. The van der Waals surface area contributed by atoms with Gasteiger partial charge in [-0.25, -0.2) is 0 Å². The number of hydrogen-bond donors (Lipinski definition) is 0. The summed E-state index contributed by atoms with van der Waals surface area (Å²) in [7, 11) is -3.15. The molecule has 0 spiro atoms. The van der Waals surface area contributed by atoms with Crippen molar-refractivity contribution in [2.75, 3.05) is 19.6 Å². The van der Waals surface area contributed by atoms with Crippen LogP contribution in [-0.4, -0.2) is 42.7 Å². The third-order valence-electron chi connectivity index (χ3n) is 3.14. The lowest BCUT2D eigenvalue weighted by molar-refractivity contribution is 0.252. The molecule has 15 heavy (non-hydrogen) atoms. The second-order valence-electron chi connectivity index (χ2n) is 4.87. The summed E-state index contributed by atoms with van der Waals surface area (Å²) >= 11 is 0. The summed E-state index contributed by atoms with van der Waals surface area (Å²) < 4.78 is 27.6. The molecule has 2 aliphatic rings. The Labute approximate surface area is 92.4 Å². The first kappa shape index (κ1) is 11.4. The average Bonchev–Trinajstić information content (AvgIpc) is 2.91. The van der Waals surface area contributed by atoms with Gasteiger partial charge >= 0.3 is 0 Å². The van der Waals surface area contributed by atoms with Crippen molar-refractivity contribution in [2.24, 2.45) is 5.92 Å². The maximum atomic E-state index is 12.2. The topological polar surface area (TPSA) is 40.6 Å². The molecule has 0 N–H and O–H groups in total. The van der Waals surface area contributed by atoms with E-state index in [2.05, 4.69) is 0 Å². The normalized spacial score (nSPS) is 28.5. The molecule has 0 bridgehead atoms. The van der Waals surface area contributed by atoms with Crippen LogP contribution in [0.15, 0.2) is 0 Å². The molecule has 0 aromatic heterocycles. The third-order valence-corrected chi connectivity index (χ3v) is 5.32. The summed E-state index contributed by atoms with van der Waals surface area (Å²) in [5.74, 6) is 0.631. The lowest BCUT2D eigenvalue weighted by Crippen LogP contribution is -2.52. The molecule has 1 aliphatic carbocycles. The van der Waals surface area contributed by atoms with E-state index in [4.69, 9.17) is 0 Å². The summed E-state index contributed by atoms with van der Waals surface area (Å²) in [5.41, 5.74) is 0. The van der Waals surface area contributed by atoms with Crippen molar-refractivity contribution in [3.63, 3.8) is 0 Å². The van der Waals surface area contributed by atoms with Crippen molar-refractivity contribution in [3.05, 3.63) is 0 Å². The zero-order chi connectivity index (χ0) is 11.1. The van der Waals surface area contributed by atoms with Crippen LogP contribution in [0.5, 0.6) is 0 Å². The van der Waals surface area contributed by atoms with Crippen LogP contribution in [0.25, 0.3) is 0 Å². The largest absolute Gasteiger partial charge is 0.282 e. The Morgan fingerprint density at radius 1 is 1.27 bits per heavy atom. The molecular formula is C10H20N2O2S. The van der Waals surface area contributed by atoms with Crippen molar-refractivity contribution >= 4 is 10.2 Å². The molecule has 1 saturated heterocycles. The van der Waals surface area contributed by atoms with E-state index in [0.29, 0.717) is 19.0 Å². The van der Waals surface area contributed by atoms with Crippen LogP contribution in [0.2, 0.25) is 0 Å². The Morgan fingerprint density at radius 3 is 2.47 bits per heavy atom. The van der Waals surface area contributed by atoms with E-state index in [9.17, 15) is 8.42 Å². The molecule has 1 aliphatic heterocycles. The van der Waals surface area contributed by atoms with Gasteiger partial charge in [-0.3, -0.25) is 0 Å². The molecule has 0 unspecified atom stereocenters. The second kappa shape index (κ2) is 4.03. The van der Waals surface area contributed by atoms with Gasteiger partial charge in [0.2, 0.25) is 0 Å². The molecule has 0 amide bonds. The first-order valence-electron chi connectivity index (χ1n) is 5.78. The van der Waals surface area contributed by atoms with E-state index in [-0.39, 0.29) is 6.04 Å². The summed E-state index contributed by atoms with van der Waals surface area (Å²) in [6, 6.07) is 0.0806. The highest BCUT2D eigenvalue weighted by atomic mass is 32.2. The summed E-state index contributed by atoms with van der Waals surface area (Å²) in [5, 5.41) is 0. The van der Waals surface area contributed by atoms with E-state index in [1.54, 1.807) is 8.61 Å². The molecule has 2 fully saturated rings. The standard InChI is InChI=1S/C10H20N2O2S/c1-9(2)12-7-3-6-11(15(12,13)14)8-10-4-5-10/h9-10H,3-8H2,1-2H3. The number of nitrogens with zero attached hydrogens (tertiary/aromatic N) is 2. The SMILES string of the molecule is CC(C)N1CCCN(CC2CC2)S1(=O)=O. The Balaban J connectivity index is 2.10. The predicted molar refractivity (Wildman–Crippen MR) is 59.7 cm³/mol. The van der Waals surface area contributed by atoms with Gasteiger partial charge < -0.3 is 0 Å². The van der Waals surface area contributed by atoms with E-state index < -0.39 is 10.2 Å². The van der Waals surface area contributed by atoms with E-state index in [1.165, 1.54) is 12.8 Å². The molecule has 0 radical (unpaired) electrons. The molecule has 0 aromatic rings. The predicted octanol–water partition coefficient (Wildman–Crippen LogP) is 1.06. The molecule has 1 heterocycles. The minimum atomic E-state index is -3.15. The first-order chi connectivity index (χ1) is 7.01. The smallest absolute Gasteiger partial charge is 0.195 e. The lowest BCUT2D eigenvalue weighted by Gasteiger charge is -2.36. The fourth-order valence-corrected chi connectivity index (χ4v) is 4.03. The van der Waals surface area contributed by atoms with E-state index in [1.807, 2.05) is 13.8 Å². The van der Waals surface area contributed by atoms with Gasteiger partial charge in [0.05, 0.1) is 0 Å². The van der Waals surface area contributed by atoms with Crippen LogP contribution in [0, 0.1) is 5.92 Å². The second-order valence-corrected chi connectivity index (χ2v) is 6.75. The van der Waals surface area contributed by atoms with Gasteiger partial charge in [-0.15, -0.1) is 0 Å². The van der Waals surface area contributed by atoms with Crippen LogP contribution in [-0.2, 0) is 10.2 Å². The lowest BCUT2D eigenvalue weighted by atomic mass is 10.3. The zero-order valence-corrected chi connectivity index (χ0v) is 10.3. The highest BCUT2D eigenvalue weighted by molar-refractivity contribution is 7.86. The summed E-state index contributed by atoms with van der Waals surface area (Å²) in [6.07, 6.45) is 3.37. The molecular weight excluding hydrogens is 212 g/mol. The molecule has 88 valence electrons. The van der Waals surface area contributed by atoms with Gasteiger partial charge in [0.15, 0.2) is 0 Å². The number of rotatable bonds is 3. The fourth-order valence-electron chi connectivity index (χ4n) is 2.08. The van der Waals surface area contributed by atoms with Gasteiger partial charge in [0.1, 0.15) is 0 Å². The summed E-state index contributed by atoms with van der Waals surface area (Å²) in [4.78, 5) is 0. The highest BCUT2D eigenvalue weighted by Crippen LogP contribution is 2.32. The van der Waals surface area contributed by atoms with Crippen molar-refractivity contribution in [1.29, 1.82) is 0 Å². The molecule has 2 rings (SSSR count). The maximum absolute atomic E-state index is 12.2. The van der Waals surface area contributed by atoms with Crippen molar-refractivity contribution < 1.29 is 8.42 Å². The van der Waals surface area contributed by atoms with Gasteiger partial charge in [-0.1, -0.05) is 0 Å². The monoisotopic (exact) mass is 232 g/mol.